The highest BCUT2D eigenvalue weighted by Gasteiger charge is 2.22. The first-order chi connectivity index (χ1) is 16.1. The van der Waals surface area contributed by atoms with Gasteiger partial charge in [0.1, 0.15) is 0 Å². The van der Waals surface area contributed by atoms with Crippen LogP contribution in [0.2, 0.25) is 0 Å². The van der Waals surface area contributed by atoms with Gasteiger partial charge in [-0.05, 0) is 25.0 Å². The Balaban J connectivity index is 2.11. The van der Waals surface area contributed by atoms with Gasteiger partial charge in [0.15, 0.2) is 6.04 Å². The lowest BCUT2D eigenvalue weighted by Gasteiger charge is -2.15. The van der Waals surface area contributed by atoms with E-state index in [0.717, 1.165) is 24.0 Å². The molecule has 186 valence electrons. The van der Waals surface area contributed by atoms with Crippen LogP contribution in [-0.2, 0) is 4.79 Å². The van der Waals surface area contributed by atoms with Gasteiger partial charge in [0.25, 0.3) is 0 Å². The van der Waals surface area contributed by atoms with Crippen LogP contribution in [0, 0.1) is 5.41 Å². The monoisotopic (exact) mass is 575 g/mol. The summed E-state index contributed by atoms with van der Waals surface area (Å²) < 4.78 is -0.0914. The van der Waals surface area contributed by atoms with Crippen LogP contribution in [0.3, 0.4) is 0 Å². The molecule has 5 heteroatoms. The maximum Gasteiger partial charge on any atom is 0.249 e. The van der Waals surface area contributed by atoms with Crippen molar-refractivity contribution in [3.63, 3.8) is 0 Å². The van der Waals surface area contributed by atoms with Gasteiger partial charge in [-0.15, -0.1) is 0 Å². The third-order valence-electron chi connectivity index (χ3n) is 6.04. The number of rotatable bonds is 12. The Hall–Kier alpha value is -1.89. The van der Waals surface area contributed by atoms with Crippen LogP contribution in [0.15, 0.2) is 76.5 Å². The van der Waals surface area contributed by atoms with E-state index >= 15 is 0 Å². The molecule has 2 atom stereocenters. The third-order valence-corrected chi connectivity index (χ3v) is 6.76. The minimum Gasteiger partial charge on any atom is -0.398 e. The first-order valence-electron chi connectivity index (χ1n) is 12.6. The third kappa shape index (κ3) is 10.2. The lowest BCUT2D eigenvalue weighted by molar-refractivity contribution is -0.121. The number of allylic oxidation sites excluding steroid dienone is 9. The number of carbonyl (C=O) groups is 1. The van der Waals surface area contributed by atoms with Crippen molar-refractivity contribution in [2.75, 3.05) is 6.54 Å². The molecule has 2 unspecified atom stereocenters. The van der Waals surface area contributed by atoms with Crippen LogP contribution in [0.4, 0.5) is 0 Å². The van der Waals surface area contributed by atoms with Crippen LogP contribution >= 0.6 is 22.6 Å². The second-order valence-electron chi connectivity index (χ2n) is 10.0. The number of amides is 1. The summed E-state index contributed by atoms with van der Waals surface area (Å²) in [5, 5.41) is 3.11. The summed E-state index contributed by atoms with van der Waals surface area (Å²) in [4.78, 5) is 17.9. The standard InChI is InChI=1S/C29H42IN3O/c1-5-6-7-8-9-10-11-21-32-27(34)26(23-13-12-17-29(4,30)20-15-23)33-22-24-14-18-28(2,3)19-16-25(24)31/h12-20,22,26H,5-11,21,31H2,1-4H3,(H,32,34). The second-order valence-corrected chi connectivity index (χ2v) is 12.3. The lowest BCUT2D eigenvalue weighted by atomic mass is 9.93. The van der Waals surface area contributed by atoms with E-state index in [0.29, 0.717) is 12.2 Å². The van der Waals surface area contributed by atoms with E-state index in [1.807, 2.05) is 30.4 Å². The highest BCUT2D eigenvalue weighted by atomic mass is 127. The molecule has 0 heterocycles. The minimum atomic E-state index is -0.621. The summed E-state index contributed by atoms with van der Waals surface area (Å²) in [5.74, 6) is -0.0729. The molecule has 0 aliphatic heterocycles. The molecule has 3 N–H and O–H groups in total. The topological polar surface area (TPSA) is 67.5 Å². The molecule has 1 amide bonds. The first kappa shape index (κ1) is 28.3. The lowest BCUT2D eigenvalue weighted by Crippen LogP contribution is -2.35. The Kier molecular flexibility index (Phi) is 11.6. The number of nitrogens with one attached hydrogen (secondary N) is 1. The number of nitrogens with zero attached hydrogens (tertiary/aromatic N) is 1. The summed E-state index contributed by atoms with van der Waals surface area (Å²) in [5.41, 5.74) is 8.54. The van der Waals surface area contributed by atoms with Gasteiger partial charge in [-0.2, -0.15) is 0 Å². The zero-order chi connectivity index (χ0) is 25.0. The van der Waals surface area contributed by atoms with E-state index in [1.165, 1.54) is 32.1 Å². The normalized spacial score (nSPS) is 22.6. The van der Waals surface area contributed by atoms with E-state index in [2.05, 4.69) is 79.9 Å². The summed E-state index contributed by atoms with van der Waals surface area (Å²) >= 11 is 2.39. The molecule has 34 heavy (non-hydrogen) atoms. The maximum atomic E-state index is 13.2. The Morgan fingerprint density at radius 3 is 2.44 bits per heavy atom. The number of carbonyl (C=O) groups excluding carboxylic acids is 1. The van der Waals surface area contributed by atoms with Gasteiger partial charge < -0.3 is 11.1 Å². The summed E-state index contributed by atoms with van der Waals surface area (Å²) in [6.07, 6.45) is 28.6. The van der Waals surface area contributed by atoms with Crippen molar-refractivity contribution in [1.82, 2.24) is 5.32 Å². The minimum absolute atomic E-state index is 0.0729. The van der Waals surface area contributed by atoms with Crippen LogP contribution < -0.4 is 11.1 Å². The van der Waals surface area contributed by atoms with Gasteiger partial charge in [0.2, 0.25) is 5.91 Å². The van der Waals surface area contributed by atoms with E-state index in [1.54, 1.807) is 6.21 Å². The molecule has 0 fully saturated rings. The fourth-order valence-corrected chi connectivity index (χ4v) is 4.11. The Labute approximate surface area is 220 Å². The van der Waals surface area contributed by atoms with Crippen molar-refractivity contribution >= 4 is 34.7 Å². The number of nitrogens with two attached hydrogens (primary N) is 1. The maximum absolute atomic E-state index is 13.2. The van der Waals surface area contributed by atoms with Gasteiger partial charge in [-0.1, -0.05) is 130 Å². The Bertz CT molecular complexity index is 900. The molecule has 0 bridgehead atoms. The van der Waals surface area contributed by atoms with Crippen molar-refractivity contribution in [2.24, 2.45) is 16.1 Å². The molecule has 2 rings (SSSR count). The molecule has 4 nitrogen and oxygen atoms in total. The molecule has 2 aliphatic rings. The second kappa shape index (κ2) is 13.9. The number of aliphatic imine (C=N–C) groups is 1. The summed E-state index contributed by atoms with van der Waals surface area (Å²) in [7, 11) is 0. The smallest absolute Gasteiger partial charge is 0.249 e. The zero-order valence-corrected chi connectivity index (χ0v) is 23.5. The van der Waals surface area contributed by atoms with Gasteiger partial charge >= 0.3 is 0 Å². The molecule has 0 spiro atoms. The molecular formula is C29H42IN3O. The fraction of sp³-hybridized carbons (Fsp3) is 0.517. The summed E-state index contributed by atoms with van der Waals surface area (Å²) in [6, 6.07) is -0.621. The van der Waals surface area contributed by atoms with Crippen molar-refractivity contribution in [3.8, 4) is 0 Å². The highest BCUT2D eigenvalue weighted by molar-refractivity contribution is 14.1. The van der Waals surface area contributed by atoms with Gasteiger partial charge in [-0.25, -0.2) is 0 Å². The predicted octanol–water partition coefficient (Wildman–Crippen LogP) is 6.90. The Morgan fingerprint density at radius 1 is 1.03 bits per heavy atom. The molecular weight excluding hydrogens is 533 g/mol. The molecule has 0 aromatic heterocycles. The van der Waals surface area contributed by atoms with E-state index < -0.39 is 6.04 Å². The number of alkyl halides is 1. The van der Waals surface area contributed by atoms with E-state index in [9.17, 15) is 4.79 Å². The first-order valence-corrected chi connectivity index (χ1v) is 13.7. The zero-order valence-electron chi connectivity index (χ0n) is 21.3. The molecule has 0 saturated carbocycles. The van der Waals surface area contributed by atoms with Gasteiger partial charge in [0, 0.05) is 29.4 Å². The molecule has 2 aliphatic carbocycles. The molecule has 0 aromatic carbocycles. The molecule has 0 aromatic rings. The number of unbranched alkanes of at least 4 members (excludes halogenated alkanes) is 6. The van der Waals surface area contributed by atoms with Crippen molar-refractivity contribution in [1.29, 1.82) is 0 Å². The van der Waals surface area contributed by atoms with Crippen LogP contribution in [0.5, 0.6) is 0 Å². The number of hydrogen-bond donors (Lipinski definition) is 2. The molecule has 0 saturated heterocycles. The average molecular weight is 576 g/mol. The SMILES string of the molecule is CCCCCCCCCNC(=O)C(N=CC1=C(N)C=CC(C)(C)C=C1)C1=CC=CC(C)(I)C=C1. The van der Waals surface area contributed by atoms with Gasteiger partial charge in [0.05, 0.1) is 3.42 Å². The van der Waals surface area contributed by atoms with E-state index in [-0.39, 0.29) is 14.7 Å². The van der Waals surface area contributed by atoms with E-state index in [4.69, 9.17) is 10.7 Å². The van der Waals surface area contributed by atoms with Crippen molar-refractivity contribution in [2.45, 2.75) is 82.1 Å². The summed E-state index contributed by atoms with van der Waals surface area (Å²) in [6.45, 7) is 9.30. The average Bonchev–Trinajstić information content (AvgIpc) is 3.04. The predicted molar refractivity (Wildman–Crippen MR) is 155 cm³/mol. The number of halogens is 1. The van der Waals surface area contributed by atoms with Gasteiger partial charge in [-0.3, -0.25) is 9.79 Å². The van der Waals surface area contributed by atoms with Crippen LogP contribution in [-0.4, -0.2) is 28.1 Å². The molecule has 0 radical (unpaired) electrons. The number of hydrogen-bond acceptors (Lipinski definition) is 3. The quantitative estimate of drug-likeness (QED) is 0.115. The van der Waals surface area contributed by atoms with Crippen molar-refractivity contribution < 1.29 is 4.79 Å². The highest BCUT2D eigenvalue weighted by Crippen LogP contribution is 2.27. The Morgan fingerprint density at radius 2 is 1.71 bits per heavy atom. The van der Waals surface area contributed by atoms with Crippen molar-refractivity contribution in [3.05, 3.63) is 71.5 Å². The van der Waals surface area contributed by atoms with Crippen LogP contribution in [0.25, 0.3) is 0 Å². The fourth-order valence-electron chi connectivity index (χ4n) is 3.72. The van der Waals surface area contributed by atoms with Crippen LogP contribution in [0.1, 0.15) is 72.6 Å². The largest absolute Gasteiger partial charge is 0.398 e.